The minimum absolute atomic E-state index is 0.123. The molecular weight excluding hydrogens is 472 g/mol. The number of benzene rings is 3. The second-order valence-electron chi connectivity index (χ2n) is 6.87. The van der Waals surface area contributed by atoms with Gasteiger partial charge in [0, 0.05) is 4.47 Å². The number of rotatable bonds is 10. The Morgan fingerprint density at radius 3 is 2.53 bits per heavy atom. The predicted octanol–water partition coefficient (Wildman–Crippen LogP) is 5.13. The second-order valence-corrected chi connectivity index (χ2v) is 7.79. The number of halogens is 1. The molecule has 0 spiro atoms. The zero-order valence-corrected chi connectivity index (χ0v) is 19.6. The Kier molecular flexibility index (Phi) is 8.69. The molecule has 0 aliphatic rings. The molecule has 0 aliphatic heterocycles. The third kappa shape index (κ3) is 6.85. The summed E-state index contributed by atoms with van der Waals surface area (Å²) in [7, 11) is 1.58. The smallest absolute Gasteiger partial charge is 0.277 e. The van der Waals surface area contributed by atoms with Gasteiger partial charge in [0.25, 0.3) is 5.91 Å². The number of carbonyl (C=O) groups excluding carboxylic acids is 1. The first-order valence-electron chi connectivity index (χ1n) is 10.2. The van der Waals surface area contributed by atoms with E-state index in [-0.39, 0.29) is 12.5 Å². The summed E-state index contributed by atoms with van der Waals surface area (Å²) in [5, 5.41) is 4.00. The number of nitrogens with one attached hydrogen (secondary N) is 1. The number of carbonyl (C=O) groups is 1. The molecule has 0 saturated carbocycles. The molecule has 3 aromatic rings. The lowest BCUT2D eigenvalue weighted by Crippen LogP contribution is -2.24. The van der Waals surface area contributed by atoms with Crippen LogP contribution >= 0.6 is 15.9 Å². The molecule has 1 N–H and O–H groups in total. The molecule has 0 saturated heterocycles. The molecule has 0 radical (unpaired) electrons. The SMILES string of the molecule is CCc1cc(Br)ccc1OCC(=O)N/N=C/c1ccc(OCc2ccccc2)c(OC)c1. The molecule has 0 aliphatic carbocycles. The van der Waals surface area contributed by atoms with Crippen molar-refractivity contribution in [1.29, 1.82) is 0 Å². The molecule has 0 fully saturated rings. The highest BCUT2D eigenvalue weighted by Gasteiger charge is 2.07. The van der Waals surface area contributed by atoms with E-state index in [9.17, 15) is 4.79 Å². The first kappa shape index (κ1) is 23.3. The normalized spacial score (nSPS) is 10.7. The number of hydrogen-bond acceptors (Lipinski definition) is 5. The van der Waals surface area contributed by atoms with Gasteiger partial charge in [-0.1, -0.05) is 53.2 Å². The van der Waals surface area contributed by atoms with E-state index in [2.05, 4.69) is 26.5 Å². The average Bonchev–Trinajstić information content (AvgIpc) is 2.82. The monoisotopic (exact) mass is 496 g/mol. The summed E-state index contributed by atoms with van der Waals surface area (Å²) < 4.78 is 17.9. The van der Waals surface area contributed by atoms with E-state index in [1.165, 1.54) is 0 Å². The molecule has 6 nitrogen and oxygen atoms in total. The van der Waals surface area contributed by atoms with Crippen LogP contribution < -0.4 is 19.6 Å². The van der Waals surface area contributed by atoms with Gasteiger partial charge >= 0.3 is 0 Å². The fraction of sp³-hybridized carbons (Fsp3) is 0.200. The quantitative estimate of drug-likeness (QED) is 0.312. The minimum Gasteiger partial charge on any atom is -0.493 e. The standard InChI is InChI=1S/C25H25BrN2O4/c1-3-20-14-21(26)10-12-22(20)32-17-25(29)28-27-15-19-9-11-23(24(13-19)30-2)31-16-18-7-5-4-6-8-18/h4-15H,3,16-17H2,1-2H3,(H,28,29)/b27-15+. The van der Waals surface area contributed by atoms with E-state index >= 15 is 0 Å². The van der Waals surface area contributed by atoms with Crippen LogP contribution in [0.15, 0.2) is 76.3 Å². The van der Waals surface area contributed by atoms with Gasteiger partial charge in [-0.2, -0.15) is 5.10 Å². The second kappa shape index (κ2) is 11.9. The fourth-order valence-corrected chi connectivity index (χ4v) is 3.35. The van der Waals surface area contributed by atoms with Crippen molar-refractivity contribution >= 4 is 28.1 Å². The Morgan fingerprint density at radius 1 is 1.00 bits per heavy atom. The lowest BCUT2D eigenvalue weighted by atomic mass is 10.1. The Morgan fingerprint density at radius 2 is 1.78 bits per heavy atom. The van der Waals surface area contributed by atoms with Crippen molar-refractivity contribution in [3.8, 4) is 17.2 Å². The molecule has 0 bridgehead atoms. The zero-order valence-electron chi connectivity index (χ0n) is 18.0. The molecule has 166 valence electrons. The maximum Gasteiger partial charge on any atom is 0.277 e. The summed E-state index contributed by atoms with van der Waals surface area (Å²) in [5.41, 5.74) is 5.33. The van der Waals surface area contributed by atoms with Gasteiger partial charge in [0.1, 0.15) is 12.4 Å². The highest BCUT2D eigenvalue weighted by Crippen LogP contribution is 2.28. The molecule has 3 aromatic carbocycles. The number of methoxy groups -OCH3 is 1. The molecule has 0 aromatic heterocycles. The van der Waals surface area contributed by atoms with Crippen LogP contribution in [-0.4, -0.2) is 25.8 Å². The van der Waals surface area contributed by atoms with Gasteiger partial charge in [-0.3, -0.25) is 4.79 Å². The Balaban J connectivity index is 1.52. The number of nitrogens with zero attached hydrogens (tertiary/aromatic N) is 1. The van der Waals surface area contributed by atoms with Gasteiger partial charge < -0.3 is 14.2 Å². The van der Waals surface area contributed by atoms with Crippen molar-refractivity contribution in [2.75, 3.05) is 13.7 Å². The summed E-state index contributed by atoms with van der Waals surface area (Å²) in [6.07, 6.45) is 2.35. The summed E-state index contributed by atoms with van der Waals surface area (Å²) >= 11 is 3.44. The van der Waals surface area contributed by atoms with E-state index in [1.807, 2.05) is 67.6 Å². The lowest BCUT2D eigenvalue weighted by molar-refractivity contribution is -0.123. The Bertz CT molecular complexity index is 1070. The summed E-state index contributed by atoms with van der Waals surface area (Å²) in [6.45, 7) is 2.35. The zero-order chi connectivity index (χ0) is 22.8. The highest BCUT2D eigenvalue weighted by molar-refractivity contribution is 9.10. The Hall–Kier alpha value is -3.32. The number of ether oxygens (including phenoxy) is 3. The number of hydrogen-bond donors (Lipinski definition) is 1. The van der Waals surface area contributed by atoms with Crippen LogP contribution in [0.3, 0.4) is 0 Å². The van der Waals surface area contributed by atoms with E-state index in [0.29, 0.717) is 23.9 Å². The largest absolute Gasteiger partial charge is 0.493 e. The van der Waals surface area contributed by atoms with E-state index in [1.54, 1.807) is 19.4 Å². The van der Waals surface area contributed by atoms with Crippen molar-refractivity contribution in [2.24, 2.45) is 5.10 Å². The number of aryl methyl sites for hydroxylation is 1. The van der Waals surface area contributed by atoms with E-state index in [4.69, 9.17) is 14.2 Å². The predicted molar refractivity (Wildman–Crippen MR) is 129 cm³/mol. The van der Waals surface area contributed by atoms with Crippen molar-refractivity contribution in [3.05, 3.63) is 87.9 Å². The van der Waals surface area contributed by atoms with Gasteiger partial charge in [-0.25, -0.2) is 5.43 Å². The molecule has 32 heavy (non-hydrogen) atoms. The van der Waals surface area contributed by atoms with Crippen molar-refractivity contribution < 1.29 is 19.0 Å². The molecule has 7 heteroatoms. The van der Waals surface area contributed by atoms with Crippen LogP contribution in [-0.2, 0) is 17.8 Å². The molecule has 3 rings (SSSR count). The third-order valence-electron chi connectivity index (χ3n) is 4.59. The van der Waals surface area contributed by atoms with Gasteiger partial charge in [-0.05, 0) is 59.5 Å². The van der Waals surface area contributed by atoms with Gasteiger partial charge in [-0.15, -0.1) is 0 Å². The number of hydrazone groups is 1. The van der Waals surface area contributed by atoms with E-state index in [0.717, 1.165) is 27.6 Å². The third-order valence-corrected chi connectivity index (χ3v) is 5.08. The van der Waals surface area contributed by atoms with Crippen LogP contribution in [0.1, 0.15) is 23.6 Å². The lowest BCUT2D eigenvalue weighted by Gasteiger charge is -2.11. The maximum absolute atomic E-state index is 12.1. The van der Waals surface area contributed by atoms with Crippen LogP contribution in [0, 0.1) is 0 Å². The average molecular weight is 497 g/mol. The van der Waals surface area contributed by atoms with Crippen LogP contribution in [0.25, 0.3) is 0 Å². The highest BCUT2D eigenvalue weighted by atomic mass is 79.9. The molecule has 0 atom stereocenters. The van der Waals surface area contributed by atoms with E-state index < -0.39 is 0 Å². The summed E-state index contributed by atoms with van der Waals surface area (Å²) in [5.74, 6) is 1.56. The van der Waals surface area contributed by atoms with Gasteiger partial charge in [0.05, 0.1) is 13.3 Å². The summed E-state index contributed by atoms with van der Waals surface area (Å²) in [4.78, 5) is 12.1. The van der Waals surface area contributed by atoms with Crippen LogP contribution in [0.4, 0.5) is 0 Å². The molecule has 0 heterocycles. The minimum atomic E-state index is -0.346. The molecule has 1 amide bonds. The molecule has 0 unspecified atom stereocenters. The summed E-state index contributed by atoms with van der Waals surface area (Å²) in [6, 6.07) is 21.0. The van der Waals surface area contributed by atoms with Crippen LogP contribution in [0.5, 0.6) is 17.2 Å². The van der Waals surface area contributed by atoms with Gasteiger partial charge in [0.2, 0.25) is 0 Å². The topological polar surface area (TPSA) is 69.2 Å². The van der Waals surface area contributed by atoms with Crippen molar-refractivity contribution in [3.63, 3.8) is 0 Å². The fourth-order valence-electron chi connectivity index (χ4n) is 2.94. The van der Waals surface area contributed by atoms with Gasteiger partial charge in [0.15, 0.2) is 18.1 Å². The first-order valence-corrected chi connectivity index (χ1v) is 11.0. The van der Waals surface area contributed by atoms with Crippen LogP contribution in [0.2, 0.25) is 0 Å². The number of amides is 1. The molecular formula is C25H25BrN2O4. The Labute approximate surface area is 196 Å². The first-order chi connectivity index (χ1) is 15.6. The van der Waals surface area contributed by atoms with Crippen molar-refractivity contribution in [2.45, 2.75) is 20.0 Å². The van der Waals surface area contributed by atoms with Crippen molar-refractivity contribution in [1.82, 2.24) is 5.43 Å². The maximum atomic E-state index is 12.1.